The van der Waals surface area contributed by atoms with Gasteiger partial charge in [-0.05, 0) is 68.6 Å². The highest BCUT2D eigenvalue weighted by Crippen LogP contribution is 2.55. The van der Waals surface area contributed by atoms with Crippen molar-refractivity contribution in [3.63, 3.8) is 0 Å². The maximum Gasteiger partial charge on any atom is 0.416 e. The standard InChI is InChI=1S/C37H40F3N3O8/c1-19-13-23-11-12-42(4)31(29(23)32(47)33(19)48-5)26-15-25-30(36-35(49-18-50-36)20(2)34(25)51-21(3)45)27(43(26)17-44)16-41-28(46)10-9-22-7-6-8-24(14-22)37(38,39)40/h6-10,13-14,26-27,31,44,47H,11-12,15-18H2,1-5H3,(H,41,46)/b10-9+/t26-,27-,31+/m0/s1. The molecule has 0 saturated carbocycles. The molecule has 3 aliphatic rings. The van der Waals surface area contributed by atoms with Gasteiger partial charge in [0.15, 0.2) is 23.0 Å². The van der Waals surface area contributed by atoms with Crippen LogP contribution in [0, 0.1) is 13.8 Å². The summed E-state index contributed by atoms with van der Waals surface area (Å²) in [5.74, 6) is 0.258. The maximum atomic E-state index is 13.3. The van der Waals surface area contributed by atoms with Gasteiger partial charge in [-0.25, -0.2) is 0 Å². The summed E-state index contributed by atoms with van der Waals surface area (Å²) in [5.41, 5.74) is 3.45. The number of benzene rings is 3. The summed E-state index contributed by atoms with van der Waals surface area (Å²) in [6.45, 7) is 4.91. The molecule has 14 heteroatoms. The molecule has 0 aromatic heterocycles. The van der Waals surface area contributed by atoms with Gasteiger partial charge in [-0.1, -0.05) is 18.2 Å². The minimum absolute atomic E-state index is 0.000559. The second-order valence-corrected chi connectivity index (χ2v) is 13.0. The van der Waals surface area contributed by atoms with Crippen LogP contribution in [0.15, 0.2) is 36.4 Å². The Morgan fingerprint density at radius 1 is 1.12 bits per heavy atom. The van der Waals surface area contributed by atoms with Crippen LogP contribution in [0.2, 0.25) is 0 Å². The summed E-state index contributed by atoms with van der Waals surface area (Å²) in [5, 5.41) is 25.6. The number of carbonyl (C=O) groups excluding carboxylic acids is 2. The predicted molar refractivity (Wildman–Crippen MR) is 180 cm³/mol. The van der Waals surface area contributed by atoms with Gasteiger partial charge >= 0.3 is 12.1 Å². The second-order valence-electron chi connectivity index (χ2n) is 13.0. The number of ether oxygens (including phenoxy) is 4. The van der Waals surface area contributed by atoms with E-state index in [-0.39, 0.29) is 36.8 Å². The molecule has 1 amide bonds. The summed E-state index contributed by atoms with van der Waals surface area (Å²) in [6.07, 6.45) is -1.19. The number of methoxy groups -OCH3 is 1. The van der Waals surface area contributed by atoms with Crippen molar-refractivity contribution in [2.45, 2.75) is 57.9 Å². The number of aryl methyl sites for hydroxylation is 1. The van der Waals surface area contributed by atoms with Crippen molar-refractivity contribution in [3.05, 3.63) is 80.9 Å². The molecule has 3 aromatic rings. The molecule has 0 fully saturated rings. The van der Waals surface area contributed by atoms with Gasteiger partial charge in [-0.2, -0.15) is 13.2 Å². The molecular weight excluding hydrogens is 671 g/mol. The van der Waals surface area contributed by atoms with Crippen LogP contribution in [0.1, 0.15) is 63.5 Å². The average Bonchev–Trinajstić information content (AvgIpc) is 3.58. The zero-order valence-electron chi connectivity index (χ0n) is 28.9. The first kappa shape index (κ1) is 36.0. The molecule has 3 aliphatic heterocycles. The Kier molecular flexibility index (Phi) is 9.95. The molecule has 0 saturated heterocycles. The number of esters is 1. The number of amides is 1. The Balaban J connectivity index is 1.44. The lowest BCUT2D eigenvalue weighted by molar-refractivity contribution is -0.137. The molecule has 0 unspecified atom stereocenters. The summed E-state index contributed by atoms with van der Waals surface area (Å²) in [4.78, 5) is 29.6. The number of aliphatic hydroxyl groups is 1. The van der Waals surface area contributed by atoms with Crippen molar-refractivity contribution in [1.82, 2.24) is 15.1 Å². The van der Waals surface area contributed by atoms with E-state index in [1.54, 1.807) is 11.8 Å². The fraction of sp³-hybridized carbons (Fsp3) is 0.405. The predicted octanol–water partition coefficient (Wildman–Crippen LogP) is 4.97. The summed E-state index contributed by atoms with van der Waals surface area (Å²) in [7, 11) is 3.42. The summed E-state index contributed by atoms with van der Waals surface area (Å²) >= 11 is 0. The SMILES string of the molecule is COc1c(C)cc2c(c1O)[C@@H]([C@@H]1Cc3c(OC(C)=O)c(C)c4c(c3[C@H](CNC(=O)/C=C/c3cccc(C(F)(F)F)c3)N1CO)OCO4)N(C)CC2. The van der Waals surface area contributed by atoms with Crippen molar-refractivity contribution in [3.8, 4) is 28.7 Å². The van der Waals surface area contributed by atoms with E-state index in [1.165, 1.54) is 32.2 Å². The quantitative estimate of drug-likeness (QED) is 0.167. The smallest absolute Gasteiger partial charge is 0.416 e. The Hall–Kier alpha value is -4.79. The van der Waals surface area contributed by atoms with Gasteiger partial charge in [-0.15, -0.1) is 0 Å². The molecule has 3 aromatic carbocycles. The van der Waals surface area contributed by atoms with Crippen LogP contribution in [-0.2, 0) is 28.6 Å². The fourth-order valence-electron chi connectivity index (χ4n) is 7.67. The number of nitrogens with zero attached hydrogens (tertiary/aromatic N) is 2. The lowest BCUT2D eigenvalue weighted by Crippen LogP contribution is -2.54. The highest BCUT2D eigenvalue weighted by molar-refractivity contribution is 5.91. The van der Waals surface area contributed by atoms with Crippen molar-refractivity contribution < 1.29 is 51.9 Å². The number of likely N-dealkylation sites (N-methyl/N-ethyl adjacent to an activating group) is 1. The van der Waals surface area contributed by atoms with Gasteiger partial charge in [0.2, 0.25) is 12.7 Å². The Labute approximate surface area is 293 Å². The zero-order chi connectivity index (χ0) is 36.8. The van der Waals surface area contributed by atoms with Gasteiger partial charge in [0.1, 0.15) is 5.75 Å². The van der Waals surface area contributed by atoms with E-state index in [9.17, 15) is 33.0 Å². The largest absolute Gasteiger partial charge is 0.504 e. The van der Waals surface area contributed by atoms with Crippen molar-refractivity contribution in [1.29, 1.82) is 0 Å². The topological polar surface area (TPSA) is 130 Å². The Morgan fingerprint density at radius 3 is 2.55 bits per heavy atom. The van der Waals surface area contributed by atoms with Crippen LogP contribution >= 0.6 is 0 Å². The first-order chi connectivity index (χ1) is 24.2. The van der Waals surface area contributed by atoms with Gasteiger partial charge < -0.3 is 34.5 Å². The first-order valence-corrected chi connectivity index (χ1v) is 16.5. The minimum atomic E-state index is -4.53. The van der Waals surface area contributed by atoms with Gasteiger partial charge in [-0.3, -0.25) is 19.4 Å². The molecule has 0 bridgehead atoms. The molecule has 0 spiro atoms. The number of carbonyl (C=O) groups is 2. The number of fused-ring (bicyclic) bond motifs is 4. The van der Waals surface area contributed by atoms with Crippen LogP contribution < -0.4 is 24.3 Å². The highest BCUT2D eigenvalue weighted by Gasteiger charge is 2.47. The molecule has 11 nitrogen and oxygen atoms in total. The van der Waals surface area contributed by atoms with Crippen LogP contribution in [0.25, 0.3) is 6.08 Å². The van der Waals surface area contributed by atoms with Gasteiger partial charge in [0.05, 0.1) is 31.5 Å². The molecule has 3 N–H and O–H groups in total. The van der Waals surface area contributed by atoms with E-state index in [0.717, 1.165) is 29.3 Å². The highest BCUT2D eigenvalue weighted by atomic mass is 19.4. The van der Waals surface area contributed by atoms with E-state index >= 15 is 0 Å². The van der Waals surface area contributed by atoms with Crippen LogP contribution in [0.3, 0.4) is 0 Å². The number of phenolic OH excluding ortho intramolecular Hbond substituents is 1. The molecule has 0 aliphatic carbocycles. The fourth-order valence-corrected chi connectivity index (χ4v) is 7.67. The summed E-state index contributed by atoms with van der Waals surface area (Å²) in [6, 6.07) is 4.82. The monoisotopic (exact) mass is 711 g/mol. The normalized spacial score (nSPS) is 20.2. The van der Waals surface area contributed by atoms with Crippen molar-refractivity contribution in [2.75, 3.05) is 40.8 Å². The number of phenols is 1. The van der Waals surface area contributed by atoms with Crippen LogP contribution in [-0.4, -0.2) is 78.7 Å². The van der Waals surface area contributed by atoms with E-state index in [0.29, 0.717) is 52.5 Å². The molecule has 51 heavy (non-hydrogen) atoms. The molecule has 6 rings (SSSR count). The number of hydrogen-bond acceptors (Lipinski definition) is 10. The van der Waals surface area contributed by atoms with Crippen molar-refractivity contribution >= 4 is 18.0 Å². The molecular formula is C37H40F3N3O8. The third-order valence-electron chi connectivity index (χ3n) is 9.87. The lowest BCUT2D eigenvalue weighted by Gasteiger charge is -2.49. The number of halogens is 3. The Bertz CT molecular complexity index is 1900. The number of aromatic hydroxyl groups is 1. The third kappa shape index (κ3) is 6.70. The van der Waals surface area contributed by atoms with Gasteiger partial charge in [0, 0.05) is 54.4 Å². The van der Waals surface area contributed by atoms with E-state index in [1.807, 2.05) is 20.0 Å². The average molecular weight is 712 g/mol. The number of alkyl halides is 3. The second kappa shape index (κ2) is 14.1. The Morgan fingerprint density at radius 2 is 1.86 bits per heavy atom. The zero-order valence-corrected chi connectivity index (χ0v) is 28.9. The molecule has 3 atom stereocenters. The van der Waals surface area contributed by atoms with Crippen LogP contribution in [0.5, 0.6) is 28.7 Å². The van der Waals surface area contributed by atoms with E-state index < -0.39 is 48.5 Å². The first-order valence-electron chi connectivity index (χ1n) is 16.5. The van der Waals surface area contributed by atoms with E-state index in [4.69, 9.17) is 18.9 Å². The maximum absolute atomic E-state index is 13.3. The lowest BCUT2D eigenvalue weighted by atomic mass is 9.78. The molecule has 0 radical (unpaired) electrons. The van der Waals surface area contributed by atoms with Crippen LogP contribution in [0.4, 0.5) is 13.2 Å². The third-order valence-corrected chi connectivity index (χ3v) is 9.87. The number of aliphatic hydroxyl groups excluding tert-OH is 1. The van der Waals surface area contributed by atoms with Crippen molar-refractivity contribution in [2.24, 2.45) is 0 Å². The number of rotatable bonds is 8. The number of nitrogens with one attached hydrogen (secondary N) is 1. The van der Waals surface area contributed by atoms with Gasteiger partial charge in [0.25, 0.3) is 0 Å². The molecule has 3 heterocycles. The van der Waals surface area contributed by atoms with E-state index in [2.05, 4.69) is 10.2 Å². The number of hydrogen-bond donors (Lipinski definition) is 3. The molecule has 272 valence electrons. The minimum Gasteiger partial charge on any atom is -0.504 e. The summed E-state index contributed by atoms with van der Waals surface area (Å²) < 4.78 is 63.0.